The Morgan fingerprint density at radius 3 is 2.42 bits per heavy atom. The SMILES string of the molecule is CC(C)(C)NC(=O)C1CSCN1C(=O)C1CCN(S(=O)(=O)c2cc(F)ccc2F)CC1. The van der Waals surface area contributed by atoms with Gasteiger partial charge in [0, 0.05) is 30.3 Å². The second-order valence-electron chi connectivity index (χ2n) is 8.82. The van der Waals surface area contributed by atoms with Crippen LogP contribution in [0.15, 0.2) is 23.1 Å². The molecule has 1 aromatic rings. The molecule has 0 radical (unpaired) electrons. The molecule has 2 aliphatic heterocycles. The molecule has 7 nitrogen and oxygen atoms in total. The first-order valence-corrected chi connectivity index (χ1v) is 12.6. The first-order valence-electron chi connectivity index (χ1n) is 10.1. The van der Waals surface area contributed by atoms with Crippen molar-refractivity contribution in [3.8, 4) is 0 Å². The molecule has 0 saturated carbocycles. The molecule has 1 aromatic carbocycles. The van der Waals surface area contributed by atoms with E-state index in [0.717, 1.165) is 16.4 Å². The normalized spacial score (nSPS) is 21.3. The van der Waals surface area contributed by atoms with Crippen LogP contribution in [0.3, 0.4) is 0 Å². The van der Waals surface area contributed by atoms with Gasteiger partial charge in [0.05, 0.1) is 5.88 Å². The number of hydrogen-bond acceptors (Lipinski definition) is 5. The average molecular weight is 476 g/mol. The van der Waals surface area contributed by atoms with E-state index in [-0.39, 0.29) is 37.7 Å². The van der Waals surface area contributed by atoms with E-state index >= 15 is 0 Å². The van der Waals surface area contributed by atoms with Gasteiger partial charge >= 0.3 is 0 Å². The molecule has 2 saturated heterocycles. The van der Waals surface area contributed by atoms with Gasteiger partial charge in [-0.2, -0.15) is 4.31 Å². The third-order valence-electron chi connectivity index (χ3n) is 5.28. The molecule has 1 atom stereocenters. The van der Waals surface area contributed by atoms with Crippen molar-refractivity contribution in [1.29, 1.82) is 0 Å². The Hall–Kier alpha value is -1.72. The minimum atomic E-state index is -4.20. The molecule has 3 rings (SSSR count). The molecule has 2 amide bonds. The van der Waals surface area contributed by atoms with Gasteiger partial charge in [-0.15, -0.1) is 11.8 Å². The Labute approximate surface area is 185 Å². The number of amides is 2. The molecule has 2 heterocycles. The number of carbonyl (C=O) groups is 2. The fourth-order valence-electron chi connectivity index (χ4n) is 3.72. The highest BCUT2D eigenvalue weighted by Gasteiger charge is 2.40. The summed E-state index contributed by atoms with van der Waals surface area (Å²) >= 11 is 1.50. The third kappa shape index (κ3) is 5.38. The first-order chi connectivity index (χ1) is 14.4. The average Bonchev–Trinajstić information content (AvgIpc) is 3.18. The number of nitrogens with zero attached hydrogens (tertiary/aromatic N) is 2. The molecule has 2 fully saturated rings. The predicted molar refractivity (Wildman–Crippen MR) is 114 cm³/mol. The van der Waals surface area contributed by atoms with Crippen LogP contribution < -0.4 is 5.32 Å². The van der Waals surface area contributed by atoms with E-state index in [4.69, 9.17) is 0 Å². The van der Waals surface area contributed by atoms with E-state index in [1.54, 1.807) is 4.90 Å². The smallest absolute Gasteiger partial charge is 0.246 e. The highest BCUT2D eigenvalue weighted by atomic mass is 32.2. The van der Waals surface area contributed by atoms with Gasteiger partial charge in [-0.1, -0.05) is 0 Å². The van der Waals surface area contributed by atoms with Crippen LogP contribution in [0.5, 0.6) is 0 Å². The zero-order valence-electron chi connectivity index (χ0n) is 17.7. The van der Waals surface area contributed by atoms with Crippen LogP contribution in [0.25, 0.3) is 0 Å². The summed E-state index contributed by atoms with van der Waals surface area (Å²) in [5.41, 5.74) is -0.412. The van der Waals surface area contributed by atoms with E-state index < -0.39 is 44.1 Å². The number of thioether (sulfide) groups is 1. The number of nitrogens with one attached hydrogen (secondary N) is 1. The Bertz CT molecular complexity index is 958. The molecule has 31 heavy (non-hydrogen) atoms. The molecule has 1 N–H and O–H groups in total. The maximum atomic E-state index is 14.0. The summed E-state index contributed by atoms with van der Waals surface area (Å²) in [6.07, 6.45) is 0.507. The first kappa shape index (κ1) is 23.9. The second-order valence-corrected chi connectivity index (χ2v) is 11.7. The minimum Gasteiger partial charge on any atom is -0.350 e. The van der Waals surface area contributed by atoms with E-state index in [1.807, 2.05) is 20.8 Å². The summed E-state index contributed by atoms with van der Waals surface area (Å²) in [6, 6.07) is 1.76. The number of rotatable bonds is 4. The molecule has 11 heteroatoms. The van der Waals surface area contributed by atoms with Crippen molar-refractivity contribution in [3.05, 3.63) is 29.8 Å². The highest BCUT2D eigenvalue weighted by molar-refractivity contribution is 7.99. The summed E-state index contributed by atoms with van der Waals surface area (Å²) in [5.74, 6) is -1.72. The predicted octanol–water partition coefficient (Wildman–Crippen LogP) is 2.18. The maximum Gasteiger partial charge on any atom is 0.246 e. The lowest BCUT2D eigenvalue weighted by molar-refractivity contribution is -0.142. The van der Waals surface area contributed by atoms with Crippen LogP contribution in [0.2, 0.25) is 0 Å². The van der Waals surface area contributed by atoms with Gasteiger partial charge in [0.15, 0.2) is 0 Å². The van der Waals surface area contributed by atoms with Gasteiger partial charge in [0.1, 0.15) is 22.6 Å². The Morgan fingerprint density at radius 1 is 1.16 bits per heavy atom. The fourth-order valence-corrected chi connectivity index (χ4v) is 6.43. The summed E-state index contributed by atoms with van der Waals surface area (Å²) in [6.45, 7) is 5.66. The Balaban J connectivity index is 1.65. The molecule has 2 aliphatic rings. The van der Waals surface area contributed by atoms with Crippen LogP contribution in [0, 0.1) is 17.6 Å². The number of halogens is 2. The number of hydrogen-bond donors (Lipinski definition) is 1. The van der Waals surface area contributed by atoms with Crippen LogP contribution in [0.4, 0.5) is 8.78 Å². The number of carbonyl (C=O) groups excluding carboxylic acids is 2. The molecule has 1 unspecified atom stereocenters. The number of sulfonamides is 1. The second kappa shape index (κ2) is 9.03. The molecule has 172 valence electrons. The molecular formula is C20H27F2N3O4S2. The van der Waals surface area contributed by atoms with Crippen molar-refractivity contribution in [2.75, 3.05) is 24.7 Å². The van der Waals surface area contributed by atoms with Crippen molar-refractivity contribution >= 4 is 33.6 Å². The largest absolute Gasteiger partial charge is 0.350 e. The maximum absolute atomic E-state index is 14.0. The lowest BCUT2D eigenvalue weighted by Crippen LogP contribution is -2.54. The van der Waals surface area contributed by atoms with Gasteiger partial charge in [0.2, 0.25) is 21.8 Å². The highest BCUT2D eigenvalue weighted by Crippen LogP contribution is 2.30. The summed E-state index contributed by atoms with van der Waals surface area (Å²) in [4.78, 5) is 26.5. The summed E-state index contributed by atoms with van der Waals surface area (Å²) in [7, 11) is -4.20. The monoisotopic (exact) mass is 475 g/mol. The van der Waals surface area contributed by atoms with Crippen molar-refractivity contribution in [2.24, 2.45) is 5.92 Å². The van der Waals surface area contributed by atoms with Gasteiger partial charge in [-0.3, -0.25) is 9.59 Å². The zero-order chi connectivity index (χ0) is 23.0. The van der Waals surface area contributed by atoms with Crippen molar-refractivity contribution in [3.63, 3.8) is 0 Å². The van der Waals surface area contributed by atoms with Gasteiger partial charge in [-0.25, -0.2) is 17.2 Å². The molecular weight excluding hydrogens is 448 g/mol. The van der Waals surface area contributed by atoms with Crippen molar-refractivity contribution in [1.82, 2.24) is 14.5 Å². The van der Waals surface area contributed by atoms with Crippen molar-refractivity contribution < 1.29 is 26.8 Å². The van der Waals surface area contributed by atoms with Gasteiger partial charge < -0.3 is 10.2 Å². The van der Waals surface area contributed by atoms with E-state index in [0.29, 0.717) is 17.7 Å². The van der Waals surface area contributed by atoms with Crippen molar-refractivity contribution in [2.45, 2.75) is 50.1 Å². The van der Waals surface area contributed by atoms with Crippen LogP contribution in [-0.2, 0) is 19.6 Å². The lowest BCUT2D eigenvalue weighted by atomic mass is 9.96. The molecule has 0 bridgehead atoms. The quantitative estimate of drug-likeness (QED) is 0.722. The van der Waals surface area contributed by atoms with Crippen LogP contribution in [0.1, 0.15) is 33.6 Å². The van der Waals surface area contributed by atoms with Crippen LogP contribution in [-0.4, -0.2) is 65.7 Å². The molecule has 0 aliphatic carbocycles. The Morgan fingerprint density at radius 2 is 1.81 bits per heavy atom. The molecule has 0 spiro atoms. The molecule has 0 aromatic heterocycles. The Kier molecular flexibility index (Phi) is 6.97. The standard InChI is InChI=1S/C20H27F2N3O4S2/c1-20(2,3)23-18(26)16-11-30-12-25(16)19(27)13-6-8-24(9-7-13)31(28,29)17-10-14(21)4-5-15(17)22/h4-5,10,13,16H,6-9,11-12H2,1-3H3,(H,23,26). The third-order valence-corrected chi connectivity index (χ3v) is 8.21. The number of benzene rings is 1. The zero-order valence-corrected chi connectivity index (χ0v) is 19.4. The van der Waals surface area contributed by atoms with Crippen LogP contribution >= 0.6 is 11.8 Å². The lowest BCUT2D eigenvalue weighted by Gasteiger charge is -2.34. The van der Waals surface area contributed by atoms with Gasteiger partial charge in [0.25, 0.3) is 0 Å². The summed E-state index contributed by atoms with van der Waals surface area (Å²) in [5, 5.41) is 2.90. The topological polar surface area (TPSA) is 86.8 Å². The fraction of sp³-hybridized carbons (Fsp3) is 0.600. The minimum absolute atomic E-state index is 0.0224. The van der Waals surface area contributed by atoms with E-state index in [1.165, 1.54) is 11.8 Å². The van der Waals surface area contributed by atoms with E-state index in [9.17, 15) is 26.8 Å². The van der Waals surface area contributed by atoms with E-state index in [2.05, 4.69) is 5.32 Å². The van der Waals surface area contributed by atoms with Gasteiger partial charge in [-0.05, 0) is 51.8 Å². The number of piperidine rings is 1. The summed E-state index contributed by atoms with van der Waals surface area (Å²) < 4.78 is 54.0.